The molecule has 0 aliphatic rings. The molecule has 0 unspecified atom stereocenters. The summed E-state index contributed by atoms with van der Waals surface area (Å²) in [6.45, 7) is 1.70. The molecule has 92 valence electrons. The van der Waals surface area contributed by atoms with E-state index in [9.17, 15) is 13.6 Å². The topological polar surface area (TPSA) is 26.3 Å². The molecule has 17 heavy (non-hydrogen) atoms. The van der Waals surface area contributed by atoms with Crippen LogP contribution in [0.3, 0.4) is 0 Å². The number of benzene rings is 1. The van der Waals surface area contributed by atoms with Gasteiger partial charge in [0.1, 0.15) is 0 Å². The molecule has 0 radical (unpaired) electrons. The monoisotopic (exact) mass is 240 g/mol. The van der Waals surface area contributed by atoms with Crippen molar-refractivity contribution in [3.63, 3.8) is 0 Å². The van der Waals surface area contributed by atoms with Crippen LogP contribution in [0, 0.1) is 0 Å². The van der Waals surface area contributed by atoms with Gasteiger partial charge in [-0.1, -0.05) is 23.8 Å². The number of halogens is 2. The fraction of sp³-hybridized carbons (Fsp3) is 0.308. The first-order valence-corrected chi connectivity index (χ1v) is 5.27. The van der Waals surface area contributed by atoms with Crippen LogP contribution in [-0.2, 0) is 4.74 Å². The molecular formula is C13H14F2O2. The SMILES string of the molecule is C/C(=C\C(F)F)CCOC(=O)c1ccccc1. The number of ether oxygens (including phenoxy) is 1. The number of allylic oxidation sites excluding steroid dienone is 1. The van der Waals surface area contributed by atoms with Crippen LogP contribution in [0.2, 0.25) is 0 Å². The van der Waals surface area contributed by atoms with Gasteiger partial charge in [-0.15, -0.1) is 0 Å². The molecule has 0 amide bonds. The Labute approximate surface area is 98.9 Å². The van der Waals surface area contributed by atoms with Gasteiger partial charge in [0.25, 0.3) is 6.43 Å². The van der Waals surface area contributed by atoms with E-state index >= 15 is 0 Å². The lowest BCUT2D eigenvalue weighted by atomic mass is 10.2. The maximum atomic E-state index is 12.0. The predicted molar refractivity (Wildman–Crippen MR) is 61.1 cm³/mol. The van der Waals surface area contributed by atoms with Crippen molar-refractivity contribution in [2.75, 3.05) is 6.61 Å². The molecule has 0 fully saturated rings. The van der Waals surface area contributed by atoms with E-state index in [1.54, 1.807) is 37.3 Å². The Morgan fingerprint density at radius 2 is 2.00 bits per heavy atom. The van der Waals surface area contributed by atoms with E-state index in [0.29, 0.717) is 17.6 Å². The molecule has 0 atom stereocenters. The van der Waals surface area contributed by atoms with Crippen molar-refractivity contribution in [2.45, 2.75) is 19.8 Å². The third kappa shape index (κ3) is 5.24. The second kappa shape index (κ2) is 6.78. The highest BCUT2D eigenvalue weighted by atomic mass is 19.3. The van der Waals surface area contributed by atoms with Crippen molar-refractivity contribution in [1.82, 2.24) is 0 Å². The first-order valence-electron chi connectivity index (χ1n) is 5.27. The largest absolute Gasteiger partial charge is 0.462 e. The summed E-state index contributed by atoms with van der Waals surface area (Å²) in [7, 11) is 0. The highest BCUT2D eigenvalue weighted by Crippen LogP contribution is 2.07. The molecule has 0 saturated carbocycles. The van der Waals surface area contributed by atoms with Crippen LogP contribution in [0.5, 0.6) is 0 Å². The van der Waals surface area contributed by atoms with Crippen LogP contribution in [-0.4, -0.2) is 19.0 Å². The Kier molecular flexibility index (Phi) is 5.33. The summed E-state index contributed by atoms with van der Waals surface area (Å²) >= 11 is 0. The predicted octanol–water partition coefficient (Wildman–Crippen LogP) is 3.44. The van der Waals surface area contributed by atoms with Crippen molar-refractivity contribution >= 4 is 5.97 Å². The summed E-state index contributed by atoms with van der Waals surface area (Å²) in [6.07, 6.45) is -1.28. The van der Waals surface area contributed by atoms with Crippen LogP contribution in [0.15, 0.2) is 42.0 Å². The number of hydrogen-bond acceptors (Lipinski definition) is 2. The third-order valence-electron chi connectivity index (χ3n) is 2.15. The van der Waals surface area contributed by atoms with Gasteiger partial charge in [-0.2, -0.15) is 0 Å². The van der Waals surface area contributed by atoms with Gasteiger partial charge in [-0.3, -0.25) is 0 Å². The van der Waals surface area contributed by atoms with Crippen LogP contribution in [0.25, 0.3) is 0 Å². The summed E-state index contributed by atoms with van der Waals surface area (Å²) in [5.74, 6) is -0.435. The van der Waals surface area contributed by atoms with Crippen LogP contribution >= 0.6 is 0 Å². The highest BCUT2D eigenvalue weighted by Gasteiger charge is 2.05. The Hall–Kier alpha value is -1.71. The van der Waals surface area contributed by atoms with Crippen molar-refractivity contribution in [1.29, 1.82) is 0 Å². The van der Waals surface area contributed by atoms with E-state index in [0.717, 1.165) is 6.08 Å². The normalized spacial score (nSPS) is 11.6. The molecular weight excluding hydrogens is 226 g/mol. The Balaban J connectivity index is 2.35. The van der Waals surface area contributed by atoms with Crippen molar-refractivity contribution in [3.8, 4) is 0 Å². The van der Waals surface area contributed by atoms with Gasteiger partial charge in [-0.05, 0) is 25.1 Å². The minimum absolute atomic E-state index is 0.114. The fourth-order valence-electron chi connectivity index (χ4n) is 1.26. The van der Waals surface area contributed by atoms with Crippen LogP contribution < -0.4 is 0 Å². The molecule has 0 spiro atoms. The van der Waals surface area contributed by atoms with E-state index in [4.69, 9.17) is 4.74 Å². The van der Waals surface area contributed by atoms with Gasteiger partial charge >= 0.3 is 5.97 Å². The standard InChI is InChI=1S/C13H14F2O2/c1-10(9-12(14)15)7-8-17-13(16)11-5-3-2-4-6-11/h2-6,9,12H,7-8H2,1H3/b10-9+. The summed E-state index contributed by atoms with van der Waals surface area (Å²) < 4.78 is 28.9. The van der Waals surface area contributed by atoms with Crippen molar-refractivity contribution in [2.24, 2.45) is 0 Å². The number of carbonyl (C=O) groups is 1. The van der Waals surface area contributed by atoms with E-state index in [1.807, 2.05) is 0 Å². The average molecular weight is 240 g/mol. The second-order valence-corrected chi connectivity index (χ2v) is 3.60. The minimum Gasteiger partial charge on any atom is -0.462 e. The lowest BCUT2D eigenvalue weighted by molar-refractivity contribution is 0.0509. The first-order chi connectivity index (χ1) is 8.09. The molecule has 0 aliphatic carbocycles. The van der Waals surface area contributed by atoms with Crippen molar-refractivity contribution < 1.29 is 18.3 Å². The zero-order valence-corrected chi connectivity index (χ0v) is 9.53. The van der Waals surface area contributed by atoms with Gasteiger partial charge in [-0.25, -0.2) is 13.6 Å². The molecule has 4 heteroatoms. The molecule has 1 aromatic rings. The molecule has 0 aliphatic heterocycles. The fourth-order valence-corrected chi connectivity index (χ4v) is 1.26. The zero-order chi connectivity index (χ0) is 12.7. The number of hydrogen-bond donors (Lipinski definition) is 0. The molecule has 2 nitrogen and oxygen atoms in total. The lowest BCUT2D eigenvalue weighted by Gasteiger charge is -2.05. The van der Waals surface area contributed by atoms with Gasteiger partial charge < -0.3 is 4.74 Å². The average Bonchev–Trinajstić information content (AvgIpc) is 2.29. The molecule has 0 saturated heterocycles. The van der Waals surface area contributed by atoms with Crippen molar-refractivity contribution in [3.05, 3.63) is 47.5 Å². The second-order valence-electron chi connectivity index (χ2n) is 3.60. The molecule has 1 rings (SSSR count). The minimum atomic E-state index is -2.46. The lowest BCUT2D eigenvalue weighted by Crippen LogP contribution is -2.06. The smallest absolute Gasteiger partial charge is 0.338 e. The van der Waals surface area contributed by atoms with Crippen LogP contribution in [0.4, 0.5) is 8.78 Å². The van der Waals surface area contributed by atoms with Gasteiger partial charge in [0.15, 0.2) is 0 Å². The summed E-state index contributed by atoms with van der Waals surface area (Å²) in [4.78, 5) is 11.5. The zero-order valence-electron chi connectivity index (χ0n) is 9.53. The van der Waals surface area contributed by atoms with Gasteiger partial charge in [0, 0.05) is 6.42 Å². The number of alkyl halides is 2. The Bertz CT molecular complexity index is 386. The molecule has 0 aromatic heterocycles. The number of rotatable bonds is 5. The molecule has 1 aromatic carbocycles. The molecule has 0 bridgehead atoms. The van der Waals surface area contributed by atoms with Gasteiger partial charge in [0.2, 0.25) is 0 Å². The van der Waals surface area contributed by atoms with E-state index in [-0.39, 0.29) is 6.61 Å². The molecule has 0 heterocycles. The van der Waals surface area contributed by atoms with Gasteiger partial charge in [0.05, 0.1) is 12.2 Å². The maximum Gasteiger partial charge on any atom is 0.338 e. The molecule has 0 N–H and O–H groups in total. The number of esters is 1. The van der Waals surface area contributed by atoms with E-state index in [2.05, 4.69) is 0 Å². The van der Waals surface area contributed by atoms with E-state index in [1.165, 1.54) is 0 Å². The quantitative estimate of drug-likeness (QED) is 0.582. The van der Waals surface area contributed by atoms with E-state index < -0.39 is 12.4 Å². The highest BCUT2D eigenvalue weighted by molar-refractivity contribution is 5.89. The van der Waals surface area contributed by atoms with Crippen LogP contribution in [0.1, 0.15) is 23.7 Å². The third-order valence-corrected chi connectivity index (χ3v) is 2.15. The summed E-state index contributed by atoms with van der Waals surface area (Å²) in [5, 5.41) is 0. The first kappa shape index (κ1) is 13.4. The maximum absolute atomic E-state index is 12.0. The summed E-state index contributed by atoms with van der Waals surface area (Å²) in [6, 6.07) is 8.55. The Morgan fingerprint density at radius 3 is 2.59 bits per heavy atom. The number of carbonyl (C=O) groups excluding carboxylic acids is 1. The summed E-state index contributed by atoms with van der Waals surface area (Å²) in [5.41, 5.74) is 0.976. The Morgan fingerprint density at radius 1 is 1.35 bits per heavy atom.